The first kappa shape index (κ1) is 38.7. The molecule has 0 amide bonds. The van der Waals surface area contributed by atoms with Gasteiger partial charge in [-0.3, -0.25) is 8.42 Å². The number of hydrogen-bond acceptors (Lipinski definition) is 8. The SMILES string of the molecule is CCCCCCCCCCCCc1ccccc1.NCCN.NCCN.O=S(=O)([O-])[O-].[Cu+2]. The first-order chi connectivity index (χ1) is 14.8. The molecule has 8 nitrogen and oxygen atoms in total. The minimum Gasteiger partial charge on any atom is -0.759 e. The average molecular weight is 526 g/mol. The van der Waals surface area contributed by atoms with Crippen molar-refractivity contribution in [2.45, 2.75) is 77.6 Å². The molecule has 10 heteroatoms. The van der Waals surface area contributed by atoms with Crippen molar-refractivity contribution in [1.82, 2.24) is 0 Å². The Kier molecular flexibility index (Phi) is 39.5. The molecule has 0 heterocycles. The van der Waals surface area contributed by atoms with E-state index >= 15 is 0 Å². The number of nitrogens with two attached hydrogens (primary N) is 4. The maximum absolute atomic E-state index is 8.52. The number of unbranched alkanes of at least 4 members (excludes halogenated alkanes) is 9. The Labute approximate surface area is 207 Å². The van der Waals surface area contributed by atoms with Gasteiger partial charge in [0.15, 0.2) is 0 Å². The van der Waals surface area contributed by atoms with Gasteiger partial charge in [-0.2, -0.15) is 0 Å². The van der Waals surface area contributed by atoms with Crippen LogP contribution in [-0.4, -0.2) is 43.7 Å². The maximum atomic E-state index is 8.52. The van der Waals surface area contributed by atoms with Gasteiger partial charge in [-0.25, -0.2) is 0 Å². The topological polar surface area (TPSA) is 184 Å². The zero-order chi connectivity index (χ0) is 24.2. The first-order valence-electron chi connectivity index (χ1n) is 11.3. The van der Waals surface area contributed by atoms with Crippen molar-refractivity contribution in [1.29, 1.82) is 0 Å². The summed E-state index contributed by atoms with van der Waals surface area (Å²) in [6, 6.07) is 10.9. The van der Waals surface area contributed by atoms with Crippen molar-refractivity contribution in [3.05, 3.63) is 35.9 Å². The smallest absolute Gasteiger partial charge is 0.759 e. The van der Waals surface area contributed by atoms with E-state index in [1.807, 2.05) is 0 Å². The minimum absolute atomic E-state index is 0. The molecular formula is C22H46CuN4O4S. The van der Waals surface area contributed by atoms with Gasteiger partial charge >= 0.3 is 17.1 Å². The quantitative estimate of drug-likeness (QED) is 0.131. The molecular weight excluding hydrogens is 480 g/mol. The van der Waals surface area contributed by atoms with Gasteiger partial charge in [-0.15, -0.1) is 0 Å². The Morgan fingerprint density at radius 3 is 1.28 bits per heavy atom. The minimum atomic E-state index is -5.17. The molecule has 0 atom stereocenters. The van der Waals surface area contributed by atoms with Crippen LogP contribution in [0.3, 0.4) is 0 Å². The third-order valence-corrected chi connectivity index (χ3v) is 4.00. The van der Waals surface area contributed by atoms with E-state index in [-0.39, 0.29) is 17.1 Å². The molecule has 0 spiro atoms. The molecule has 0 aliphatic heterocycles. The monoisotopic (exact) mass is 525 g/mol. The zero-order valence-electron chi connectivity index (χ0n) is 19.6. The van der Waals surface area contributed by atoms with E-state index < -0.39 is 10.4 Å². The van der Waals surface area contributed by atoms with E-state index in [0.717, 1.165) is 0 Å². The summed E-state index contributed by atoms with van der Waals surface area (Å²) in [7, 11) is -5.17. The zero-order valence-corrected chi connectivity index (χ0v) is 21.4. The van der Waals surface area contributed by atoms with Crippen LogP contribution in [0.2, 0.25) is 0 Å². The summed E-state index contributed by atoms with van der Waals surface area (Å²) in [6.07, 6.45) is 15.5. The number of aryl methyl sites for hydroxylation is 1. The van der Waals surface area contributed by atoms with Crippen LogP contribution in [0.4, 0.5) is 0 Å². The summed E-state index contributed by atoms with van der Waals surface area (Å²) in [5, 5.41) is 0. The number of hydrogen-bond donors (Lipinski definition) is 4. The van der Waals surface area contributed by atoms with Crippen molar-refractivity contribution in [3.63, 3.8) is 0 Å². The molecule has 0 unspecified atom stereocenters. The van der Waals surface area contributed by atoms with Gasteiger partial charge in [-0.1, -0.05) is 95.0 Å². The molecule has 8 N–H and O–H groups in total. The molecule has 195 valence electrons. The van der Waals surface area contributed by atoms with Crippen LogP contribution < -0.4 is 22.9 Å². The standard InChI is InChI=1S/C18H30.2C2H8N2.Cu.H2O4S/c1-2-3-4-5-6-7-8-9-10-12-15-18-16-13-11-14-17-18;2*3-1-2-4;;1-5(2,3)4/h11,13-14,16-17H,2-10,12,15H2,1H3;2*1-4H2;;(H2,1,2,3,4)/q;;;+2;/p-2. The Balaban J connectivity index is -0.000000231. The third kappa shape index (κ3) is 51.8. The van der Waals surface area contributed by atoms with E-state index in [1.54, 1.807) is 0 Å². The predicted molar refractivity (Wildman–Crippen MR) is 129 cm³/mol. The molecule has 0 bridgehead atoms. The first-order valence-corrected chi connectivity index (χ1v) is 12.6. The molecule has 0 aliphatic rings. The van der Waals surface area contributed by atoms with Gasteiger partial charge in [0.25, 0.3) is 0 Å². The molecule has 32 heavy (non-hydrogen) atoms. The van der Waals surface area contributed by atoms with E-state index in [4.69, 9.17) is 40.5 Å². The van der Waals surface area contributed by atoms with E-state index in [0.29, 0.717) is 26.2 Å². The molecule has 1 rings (SSSR count). The molecule has 0 aromatic heterocycles. The van der Waals surface area contributed by atoms with Crippen molar-refractivity contribution in [2.75, 3.05) is 26.2 Å². The Morgan fingerprint density at radius 2 is 0.969 bits per heavy atom. The van der Waals surface area contributed by atoms with Crippen LogP contribution in [0.15, 0.2) is 30.3 Å². The normalized spacial score (nSPS) is 9.72. The third-order valence-electron chi connectivity index (χ3n) is 4.00. The van der Waals surface area contributed by atoms with Gasteiger partial charge in [-0.05, 0) is 18.4 Å². The van der Waals surface area contributed by atoms with Gasteiger partial charge in [0.1, 0.15) is 0 Å². The second-order valence-corrected chi connectivity index (χ2v) is 7.80. The average Bonchev–Trinajstić information content (AvgIpc) is 2.75. The van der Waals surface area contributed by atoms with Gasteiger partial charge in [0, 0.05) is 36.6 Å². The maximum Gasteiger partial charge on any atom is 2.00 e. The molecule has 0 fully saturated rings. The summed E-state index contributed by atoms with van der Waals surface area (Å²) in [5.41, 5.74) is 21.1. The fourth-order valence-electron chi connectivity index (χ4n) is 2.46. The summed E-state index contributed by atoms with van der Waals surface area (Å²) >= 11 is 0. The number of rotatable bonds is 13. The van der Waals surface area contributed by atoms with Crippen molar-refractivity contribution >= 4 is 10.4 Å². The van der Waals surface area contributed by atoms with E-state index in [2.05, 4.69) is 37.3 Å². The second-order valence-electron chi connectivity index (χ2n) is 6.98. The Bertz CT molecular complexity index is 522. The fraction of sp³-hybridized carbons (Fsp3) is 0.727. The van der Waals surface area contributed by atoms with Gasteiger partial charge < -0.3 is 32.0 Å². The largest absolute Gasteiger partial charge is 2.00 e. The second kappa shape index (κ2) is 32.6. The van der Waals surface area contributed by atoms with Crippen LogP contribution in [0.25, 0.3) is 0 Å². The van der Waals surface area contributed by atoms with E-state index in [9.17, 15) is 0 Å². The Hall–Kier alpha value is -0.551. The van der Waals surface area contributed by atoms with Crippen LogP contribution in [-0.2, 0) is 33.9 Å². The van der Waals surface area contributed by atoms with Crippen molar-refractivity contribution < 1.29 is 34.6 Å². The fourth-order valence-corrected chi connectivity index (χ4v) is 2.46. The van der Waals surface area contributed by atoms with Crippen LogP contribution in [0.1, 0.15) is 76.7 Å². The van der Waals surface area contributed by atoms with E-state index in [1.165, 1.54) is 76.2 Å². The van der Waals surface area contributed by atoms with Gasteiger partial charge in [0.2, 0.25) is 0 Å². The molecule has 0 saturated heterocycles. The molecule has 1 radical (unpaired) electrons. The molecule has 0 saturated carbocycles. The van der Waals surface area contributed by atoms with Crippen LogP contribution >= 0.6 is 0 Å². The van der Waals surface area contributed by atoms with Crippen molar-refractivity contribution in [3.8, 4) is 0 Å². The Morgan fingerprint density at radius 1 is 0.656 bits per heavy atom. The van der Waals surface area contributed by atoms with Crippen LogP contribution in [0, 0.1) is 0 Å². The molecule has 1 aromatic rings. The molecule has 1 aromatic carbocycles. The summed E-state index contributed by atoms with van der Waals surface area (Å²) in [5.74, 6) is 0. The summed E-state index contributed by atoms with van der Waals surface area (Å²) < 4.78 is 34.1. The molecule has 0 aliphatic carbocycles. The number of benzene rings is 1. The van der Waals surface area contributed by atoms with Crippen LogP contribution in [0.5, 0.6) is 0 Å². The predicted octanol–water partition coefficient (Wildman–Crippen LogP) is 2.62. The van der Waals surface area contributed by atoms with Crippen molar-refractivity contribution in [2.24, 2.45) is 22.9 Å². The summed E-state index contributed by atoms with van der Waals surface area (Å²) in [4.78, 5) is 0. The van der Waals surface area contributed by atoms with Gasteiger partial charge in [0.05, 0.1) is 0 Å². The summed E-state index contributed by atoms with van der Waals surface area (Å²) in [6.45, 7) is 4.67.